The Morgan fingerprint density at radius 1 is 1.33 bits per heavy atom. The van der Waals surface area contributed by atoms with E-state index in [9.17, 15) is 13.2 Å². The first-order valence-corrected chi connectivity index (χ1v) is 6.50. The first-order chi connectivity index (χ1) is 9.93. The van der Waals surface area contributed by atoms with E-state index in [-0.39, 0.29) is 24.5 Å². The predicted molar refractivity (Wildman–Crippen MR) is 65.4 cm³/mol. The molecular weight excluding hydrogens is 291 g/mol. The molecule has 1 aliphatic rings. The average molecular weight is 309 g/mol. The van der Waals surface area contributed by atoms with Crippen LogP contribution in [0.5, 0.6) is 0 Å². The summed E-state index contributed by atoms with van der Waals surface area (Å²) in [5, 5.41) is 10.4. The number of nitrogens with zero attached hydrogens (tertiary/aromatic N) is 5. The molecule has 21 heavy (non-hydrogen) atoms. The van der Waals surface area contributed by atoms with E-state index in [4.69, 9.17) is 9.47 Å². The van der Waals surface area contributed by atoms with Crippen LogP contribution in [0.3, 0.4) is 0 Å². The molecule has 0 N–H and O–H groups in total. The van der Waals surface area contributed by atoms with Gasteiger partial charge in [-0.3, -0.25) is 4.90 Å². The number of likely N-dealkylation sites (tertiary alicyclic amines) is 1. The monoisotopic (exact) mass is 309 g/mol. The second kappa shape index (κ2) is 6.67. The fraction of sp³-hybridized carbons (Fsp3) is 0.909. The maximum Gasteiger partial charge on any atom is 0.408 e. The third-order valence-corrected chi connectivity index (χ3v) is 3.46. The highest BCUT2D eigenvalue weighted by molar-refractivity contribution is 4.91. The van der Waals surface area contributed by atoms with E-state index in [1.54, 1.807) is 14.2 Å². The fourth-order valence-electron chi connectivity index (χ4n) is 2.48. The summed E-state index contributed by atoms with van der Waals surface area (Å²) < 4.78 is 48.6. The average Bonchev–Trinajstić information content (AvgIpc) is 2.97. The van der Waals surface area contributed by atoms with Crippen molar-refractivity contribution >= 4 is 0 Å². The van der Waals surface area contributed by atoms with Crippen molar-refractivity contribution in [3.63, 3.8) is 0 Å². The third kappa shape index (κ3) is 4.35. The molecule has 2 atom stereocenters. The van der Waals surface area contributed by atoms with E-state index in [1.165, 1.54) is 0 Å². The van der Waals surface area contributed by atoms with Gasteiger partial charge in [-0.15, -0.1) is 5.10 Å². The molecule has 0 amide bonds. The first kappa shape index (κ1) is 16.1. The molecular formula is C11H18F3N5O2. The van der Waals surface area contributed by atoms with Crippen molar-refractivity contribution in [1.82, 2.24) is 25.1 Å². The molecule has 1 saturated heterocycles. The van der Waals surface area contributed by atoms with Crippen LogP contribution < -0.4 is 0 Å². The summed E-state index contributed by atoms with van der Waals surface area (Å²) in [7, 11) is 3.21. The molecule has 0 unspecified atom stereocenters. The van der Waals surface area contributed by atoms with Crippen molar-refractivity contribution in [3.05, 3.63) is 5.82 Å². The van der Waals surface area contributed by atoms with Gasteiger partial charge in [-0.05, 0) is 16.8 Å². The largest absolute Gasteiger partial charge is 0.408 e. The number of hydrogen-bond donors (Lipinski definition) is 0. The molecule has 0 saturated carbocycles. The summed E-state index contributed by atoms with van der Waals surface area (Å²) in [6, 6.07) is 0.0796. The van der Waals surface area contributed by atoms with Gasteiger partial charge in [0.1, 0.15) is 6.54 Å². The Morgan fingerprint density at radius 3 is 2.71 bits per heavy atom. The van der Waals surface area contributed by atoms with E-state index in [0.717, 1.165) is 11.1 Å². The smallest absolute Gasteiger partial charge is 0.383 e. The Labute approximate surface area is 120 Å². The van der Waals surface area contributed by atoms with E-state index < -0.39 is 12.7 Å². The Balaban J connectivity index is 2.05. The van der Waals surface area contributed by atoms with Crippen molar-refractivity contribution in [2.45, 2.75) is 37.8 Å². The van der Waals surface area contributed by atoms with Crippen LogP contribution in [0, 0.1) is 0 Å². The summed E-state index contributed by atoms with van der Waals surface area (Å²) in [6.45, 7) is 0.146. The maximum atomic E-state index is 12.5. The molecule has 2 rings (SSSR count). The number of hydrogen-bond acceptors (Lipinski definition) is 6. The zero-order valence-corrected chi connectivity index (χ0v) is 11.9. The fourth-order valence-corrected chi connectivity index (χ4v) is 2.48. The van der Waals surface area contributed by atoms with Crippen LogP contribution in [0.25, 0.3) is 0 Å². The van der Waals surface area contributed by atoms with E-state index in [0.29, 0.717) is 13.2 Å². The van der Waals surface area contributed by atoms with Gasteiger partial charge in [0.05, 0.1) is 19.3 Å². The van der Waals surface area contributed by atoms with Gasteiger partial charge in [-0.25, -0.2) is 4.68 Å². The van der Waals surface area contributed by atoms with Crippen LogP contribution >= 0.6 is 0 Å². The number of aromatic nitrogens is 4. The normalized spacial score (nSPS) is 23.9. The minimum atomic E-state index is -4.35. The standard InChI is InChI=1S/C11H18F3N5O2/c1-20-6-8-3-9(21-2)4-18(8)5-10-15-16-17-19(10)7-11(12,13)14/h8-9H,3-7H2,1-2H3/t8-,9+/m0/s1. The molecule has 10 heteroatoms. The number of ether oxygens (including phenoxy) is 2. The molecule has 0 bridgehead atoms. The highest BCUT2D eigenvalue weighted by Gasteiger charge is 2.34. The Bertz CT molecular complexity index is 453. The zero-order valence-electron chi connectivity index (χ0n) is 11.9. The van der Waals surface area contributed by atoms with Gasteiger partial charge in [0.15, 0.2) is 5.82 Å². The molecule has 120 valence electrons. The molecule has 1 fully saturated rings. The van der Waals surface area contributed by atoms with Crippen molar-refractivity contribution in [2.24, 2.45) is 0 Å². The Kier molecular flexibility index (Phi) is 5.12. The van der Waals surface area contributed by atoms with Crippen LogP contribution in [0.4, 0.5) is 13.2 Å². The molecule has 0 aromatic carbocycles. The second-order valence-electron chi connectivity index (χ2n) is 5.00. The van der Waals surface area contributed by atoms with Crippen molar-refractivity contribution in [1.29, 1.82) is 0 Å². The molecule has 0 aliphatic carbocycles. The number of tetrazole rings is 1. The van der Waals surface area contributed by atoms with Gasteiger partial charge in [-0.2, -0.15) is 13.2 Å². The van der Waals surface area contributed by atoms with Gasteiger partial charge in [-0.1, -0.05) is 0 Å². The van der Waals surface area contributed by atoms with E-state index >= 15 is 0 Å². The number of alkyl halides is 3. The molecule has 1 aromatic rings. The lowest BCUT2D eigenvalue weighted by atomic mass is 10.2. The second-order valence-corrected chi connectivity index (χ2v) is 5.00. The third-order valence-electron chi connectivity index (χ3n) is 3.46. The number of halogens is 3. The molecule has 0 radical (unpaired) electrons. The molecule has 1 aliphatic heterocycles. The van der Waals surface area contributed by atoms with Crippen LogP contribution in [0.2, 0.25) is 0 Å². The van der Waals surface area contributed by atoms with Crippen LogP contribution in [0.15, 0.2) is 0 Å². The lowest BCUT2D eigenvalue weighted by Crippen LogP contribution is -2.34. The molecule has 7 nitrogen and oxygen atoms in total. The molecule has 1 aromatic heterocycles. The zero-order chi connectivity index (χ0) is 15.5. The Hall–Kier alpha value is -1.26. The lowest BCUT2D eigenvalue weighted by molar-refractivity contribution is -0.143. The summed E-state index contributed by atoms with van der Waals surface area (Å²) in [6.07, 6.45) is -3.54. The molecule has 2 heterocycles. The predicted octanol–water partition coefficient (Wildman–Crippen LogP) is 0.471. The lowest BCUT2D eigenvalue weighted by Gasteiger charge is -2.22. The van der Waals surface area contributed by atoms with Crippen molar-refractivity contribution < 1.29 is 22.6 Å². The first-order valence-electron chi connectivity index (χ1n) is 6.50. The van der Waals surface area contributed by atoms with Crippen molar-refractivity contribution in [2.75, 3.05) is 27.4 Å². The minimum absolute atomic E-state index is 0.0390. The Morgan fingerprint density at radius 2 is 2.10 bits per heavy atom. The van der Waals surface area contributed by atoms with Crippen molar-refractivity contribution in [3.8, 4) is 0 Å². The van der Waals surface area contributed by atoms with Gasteiger partial charge in [0.25, 0.3) is 0 Å². The highest BCUT2D eigenvalue weighted by atomic mass is 19.4. The number of rotatable bonds is 6. The SMILES string of the molecule is COC[C@@H]1C[C@@H](OC)CN1Cc1nnnn1CC(F)(F)F. The topological polar surface area (TPSA) is 65.3 Å². The number of methoxy groups -OCH3 is 2. The molecule has 0 spiro atoms. The van der Waals surface area contributed by atoms with Crippen LogP contribution in [-0.4, -0.2) is 70.8 Å². The van der Waals surface area contributed by atoms with Gasteiger partial charge in [0.2, 0.25) is 0 Å². The summed E-state index contributed by atoms with van der Waals surface area (Å²) in [4.78, 5) is 1.98. The van der Waals surface area contributed by atoms with Crippen LogP contribution in [-0.2, 0) is 22.6 Å². The van der Waals surface area contributed by atoms with Gasteiger partial charge < -0.3 is 9.47 Å². The quantitative estimate of drug-likeness (QED) is 0.761. The van der Waals surface area contributed by atoms with Crippen LogP contribution in [0.1, 0.15) is 12.2 Å². The summed E-state index contributed by atoms with van der Waals surface area (Å²) >= 11 is 0. The van der Waals surface area contributed by atoms with E-state index in [1.807, 2.05) is 4.90 Å². The summed E-state index contributed by atoms with van der Waals surface area (Å²) in [5.74, 6) is 0.185. The van der Waals surface area contributed by atoms with E-state index in [2.05, 4.69) is 15.5 Å². The maximum absolute atomic E-state index is 12.5. The summed E-state index contributed by atoms with van der Waals surface area (Å²) in [5.41, 5.74) is 0. The van der Waals surface area contributed by atoms with Gasteiger partial charge in [0, 0.05) is 26.8 Å². The van der Waals surface area contributed by atoms with Gasteiger partial charge >= 0.3 is 6.18 Å². The highest BCUT2D eigenvalue weighted by Crippen LogP contribution is 2.23. The minimum Gasteiger partial charge on any atom is -0.383 e.